The topological polar surface area (TPSA) is 83.6 Å². The van der Waals surface area contributed by atoms with Gasteiger partial charge in [-0.3, -0.25) is 9.59 Å². The molecule has 1 aliphatic rings. The van der Waals surface area contributed by atoms with E-state index in [9.17, 15) is 31.2 Å². The molecule has 0 spiro atoms. The zero-order valence-corrected chi connectivity index (χ0v) is 17.2. The molecule has 2 amide bonds. The lowest BCUT2D eigenvalue weighted by Gasteiger charge is -2.28. The van der Waals surface area contributed by atoms with Crippen molar-refractivity contribution < 1.29 is 31.2 Å². The molecule has 160 valence electrons. The zero-order valence-electron chi connectivity index (χ0n) is 16.4. The highest BCUT2D eigenvalue weighted by atomic mass is 32.2. The number of nitrogens with zero attached hydrogens (tertiary/aromatic N) is 1. The van der Waals surface area contributed by atoms with Gasteiger partial charge in [-0.15, -0.1) is 0 Å². The van der Waals surface area contributed by atoms with Crippen LogP contribution in [-0.4, -0.2) is 37.3 Å². The van der Waals surface area contributed by atoms with E-state index in [-0.39, 0.29) is 33.8 Å². The number of anilines is 1. The van der Waals surface area contributed by atoms with E-state index >= 15 is 0 Å². The van der Waals surface area contributed by atoms with E-state index in [0.717, 1.165) is 24.2 Å². The van der Waals surface area contributed by atoms with Crippen molar-refractivity contribution in [3.05, 3.63) is 59.2 Å². The number of fused-ring (bicyclic) bond motifs is 1. The summed E-state index contributed by atoms with van der Waals surface area (Å²) < 4.78 is 65.1. The normalized spacial score (nSPS) is 15.8. The molecule has 0 aromatic heterocycles. The smallest absolute Gasteiger partial charge is 0.322 e. The number of carbonyl (C=O) groups is 2. The van der Waals surface area contributed by atoms with Gasteiger partial charge in [0.05, 0.1) is 11.0 Å². The van der Waals surface area contributed by atoms with Crippen LogP contribution in [0, 0.1) is 0 Å². The average Bonchev–Trinajstić information content (AvgIpc) is 2.86. The Bertz CT molecular complexity index is 1120. The summed E-state index contributed by atoms with van der Waals surface area (Å²) in [6.45, 7) is 3.62. The maximum atomic E-state index is 13.2. The van der Waals surface area contributed by atoms with E-state index in [1.807, 2.05) is 0 Å². The third-order valence-electron chi connectivity index (χ3n) is 5.13. The highest BCUT2D eigenvalue weighted by Crippen LogP contribution is 2.40. The van der Waals surface area contributed by atoms with E-state index in [1.54, 1.807) is 0 Å². The summed E-state index contributed by atoms with van der Waals surface area (Å²) in [5.74, 6) is -1.31. The Morgan fingerprint density at radius 1 is 1.07 bits per heavy atom. The van der Waals surface area contributed by atoms with E-state index in [1.165, 1.54) is 43.3 Å². The highest BCUT2D eigenvalue weighted by Gasteiger charge is 2.48. The van der Waals surface area contributed by atoms with Crippen LogP contribution in [0.25, 0.3) is 0 Å². The monoisotopic (exact) mass is 440 g/mol. The Morgan fingerprint density at radius 2 is 1.67 bits per heavy atom. The number of rotatable bonds is 4. The molecule has 2 aromatic carbocycles. The fraction of sp³-hybridized carbons (Fsp3) is 0.300. The van der Waals surface area contributed by atoms with Crippen LogP contribution in [0.5, 0.6) is 0 Å². The van der Waals surface area contributed by atoms with Gasteiger partial charge in [0.2, 0.25) is 0 Å². The summed E-state index contributed by atoms with van der Waals surface area (Å²) in [7, 11) is -4.01. The molecule has 0 radical (unpaired) electrons. The molecule has 0 atom stereocenters. The molecule has 1 aliphatic heterocycles. The number of alkyl halides is 3. The van der Waals surface area contributed by atoms with Crippen molar-refractivity contribution in [3.63, 3.8) is 0 Å². The van der Waals surface area contributed by atoms with Crippen LogP contribution in [0.3, 0.4) is 0 Å². The summed E-state index contributed by atoms with van der Waals surface area (Å²) in [5, 5.41) is 2.52. The second-order valence-electron chi connectivity index (χ2n) is 7.34. The van der Waals surface area contributed by atoms with Crippen LogP contribution < -0.4 is 5.32 Å². The van der Waals surface area contributed by atoms with Crippen LogP contribution in [0.2, 0.25) is 0 Å². The van der Waals surface area contributed by atoms with Crippen molar-refractivity contribution in [2.24, 2.45) is 0 Å². The molecular formula is C20H19F3N2O4S. The average molecular weight is 440 g/mol. The van der Waals surface area contributed by atoms with Gasteiger partial charge < -0.3 is 5.32 Å². The summed E-state index contributed by atoms with van der Waals surface area (Å²) in [6, 6.07) is 8.94. The lowest BCUT2D eigenvalue weighted by molar-refractivity contribution is -0.180. The minimum Gasteiger partial charge on any atom is -0.322 e. The predicted octanol–water partition coefficient (Wildman–Crippen LogP) is 3.94. The summed E-state index contributed by atoms with van der Waals surface area (Å²) in [6.07, 6.45) is -4.43. The van der Waals surface area contributed by atoms with Crippen LogP contribution in [-0.2, 0) is 15.4 Å². The molecule has 0 aliphatic carbocycles. The highest BCUT2D eigenvalue weighted by molar-refractivity contribution is 7.90. The number of halogens is 3. The largest absolute Gasteiger partial charge is 0.397 e. The van der Waals surface area contributed by atoms with E-state index in [4.69, 9.17) is 0 Å². The fourth-order valence-corrected chi connectivity index (χ4v) is 4.67. The van der Waals surface area contributed by atoms with Gasteiger partial charge in [0.25, 0.3) is 21.8 Å². The second kappa shape index (κ2) is 7.12. The first kappa shape index (κ1) is 21.8. The Morgan fingerprint density at radius 3 is 2.20 bits per heavy atom. The SMILES string of the molecule is CCN1C(=O)c2ccc(C(=O)Nc3ccc(C(C)(C)C(F)(F)F)cc3)cc2S1(=O)=O. The third kappa shape index (κ3) is 3.45. The number of sulfonamides is 1. The predicted molar refractivity (Wildman–Crippen MR) is 104 cm³/mol. The number of nitrogens with one attached hydrogen (secondary N) is 1. The van der Waals surface area contributed by atoms with Crippen LogP contribution in [0.15, 0.2) is 47.4 Å². The summed E-state index contributed by atoms with van der Waals surface area (Å²) >= 11 is 0. The minimum atomic E-state index is -4.43. The van der Waals surface area contributed by atoms with Gasteiger partial charge in [-0.05, 0) is 56.7 Å². The molecule has 0 bridgehead atoms. The molecule has 2 aromatic rings. The number of carbonyl (C=O) groups excluding carboxylic acids is 2. The van der Waals surface area contributed by atoms with Crippen molar-refractivity contribution in [2.45, 2.75) is 37.3 Å². The molecule has 30 heavy (non-hydrogen) atoms. The number of hydrogen-bond donors (Lipinski definition) is 1. The Balaban J connectivity index is 1.84. The number of amides is 2. The molecule has 6 nitrogen and oxygen atoms in total. The molecule has 10 heteroatoms. The Hall–Kier alpha value is -2.88. The quantitative estimate of drug-likeness (QED) is 0.781. The van der Waals surface area contributed by atoms with Crippen molar-refractivity contribution >= 4 is 27.5 Å². The summed E-state index contributed by atoms with van der Waals surface area (Å²) in [4.78, 5) is 24.4. The van der Waals surface area contributed by atoms with Crippen molar-refractivity contribution in [1.29, 1.82) is 0 Å². The Kier molecular flexibility index (Phi) is 5.18. The number of benzene rings is 2. The van der Waals surface area contributed by atoms with Gasteiger partial charge in [-0.2, -0.15) is 13.2 Å². The fourth-order valence-electron chi connectivity index (χ4n) is 3.07. The minimum absolute atomic E-state index is 0.00257. The van der Waals surface area contributed by atoms with E-state index in [0.29, 0.717) is 0 Å². The van der Waals surface area contributed by atoms with Gasteiger partial charge in [-0.1, -0.05) is 12.1 Å². The van der Waals surface area contributed by atoms with Gasteiger partial charge in [0, 0.05) is 17.8 Å². The molecule has 0 saturated heterocycles. The molecule has 0 fully saturated rings. The van der Waals surface area contributed by atoms with Gasteiger partial charge >= 0.3 is 6.18 Å². The lowest BCUT2D eigenvalue weighted by atomic mass is 9.84. The van der Waals surface area contributed by atoms with Crippen LogP contribution in [0.1, 0.15) is 47.1 Å². The maximum Gasteiger partial charge on any atom is 0.397 e. The molecule has 1 N–H and O–H groups in total. The van der Waals surface area contributed by atoms with E-state index < -0.39 is 33.4 Å². The summed E-state index contributed by atoms with van der Waals surface area (Å²) in [5.41, 5.74) is -1.78. The molecule has 0 unspecified atom stereocenters. The van der Waals surface area contributed by atoms with Gasteiger partial charge in [-0.25, -0.2) is 12.7 Å². The molecular weight excluding hydrogens is 421 g/mol. The number of hydrogen-bond acceptors (Lipinski definition) is 4. The first-order chi connectivity index (χ1) is 13.8. The molecule has 1 heterocycles. The second-order valence-corrected chi connectivity index (χ2v) is 9.17. The third-order valence-corrected chi connectivity index (χ3v) is 7.03. The van der Waals surface area contributed by atoms with Crippen LogP contribution in [0.4, 0.5) is 18.9 Å². The first-order valence-electron chi connectivity index (χ1n) is 9.00. The zero-order chi connectivity index (χ0) is 22.5. The maximum absolute atomic E-state index is 13.2. The van der Waals surface area contributed by atoms with Crippen LogP contribution >= 0.6 is 0 Å². The standard InChI is InChI=1S/C20H19F3N2O4S/c1-4-25-18(27)15-10-5-12(11-16(15)30(25,28)29)17(26)24-14-8-6-13(7-9-14)19(2,3)20(21,22)23/h5-11H,4H2,1-3H3,(H,24,26). The molecule has 0 saturated carbocycles. The van der Waals surface area contributed by atoms with E-state index in [2.05, 4.69) is 5.32 Å². The van der Waals surface area contributed by atoms with Gasteiger partial charge in [0.1, 0.15) is 4.90 Å². The first-order valence-corrected chi connectivity index (χ1v) is 10.4. The molecule has 3 rings (SSSR count). The van der Waals surface area contributed by atoms with Crippen molar-refractivity contribution in [1.82, 2.24) is 4.31 Å². The van der Waals surface area contributed by atoms with Crippen molar-refractivity contribution in [2.75, 3.05) is 11.9 Å². The Labute approximate surface area is 171 Å². The van der Waals surface area contributed by atoms with Gasteiger partial charge in [0.15, 0.2) is 0 Å². The van der Waals surface area contributed by atoms with Crippen molar-refractivity contribution in [3.8, 4) is 0 Å². The lowest BCUT2D eigenvalue weighted by Crippen LogP contribution is -2.36.